The van der Waals surface area contributed by atoms with E-state index < -0.39 is 5.82 Å². The maximum absolute atomic E-state index is 13.3. The van der Waals surface area contributed by atoms with Crippen molar-refractivity contribution in [3.8, 4) is 57.2 Å². The highest BCUT2D eigenvalue weighted by Gasteiger charge is 2.17. The van der Waals surface area contributed by atoms with Crippen LogP contribution in [0.5, 0.6) is 23.0 Å². The average Bonchev–Trinajstić information content (AvgIpc) is 2.68. The minimum atomic E-state index is -0.421. The van der Waals surface area contributed by atoms with E-state index in [-0.39, 0.29) is 51.6 Å². The van der Waals surface area contributed by atoms with Crippen molar-refractivity contribution in [1.29, 1.82) is 0 Å². The van der Waals surface area contributed by atoms with Gasteiger partial charge in [-0.05, 0) is 48.5 Å². The van der Waals surface area contributed by atoms with E-state index in [1.165, 1.54) is 48.5 Å². The van der Waals surface area contributed by atoms with Crippen molar-refractivity contribution in [2.75, 3.05) is 0 Å². The molecule has 144 valence electrons. The highest BCUT2D eigenvalue weighted by atomic mass is 19.1. The highest BCUT2D eigenvalue weighted by molar-refractivity contribution is 5.72. The zero-order chi connectivity index (χ0) is 20.5. The van der Waals surface area contributed by atoms with Crippen molar-refractivity contribution in [2.45, 2.75) is 0 Å². The molecule has 0 aliphatic heterocycles. The Morgan fingerprint density at radius 3 is 1.45 bits per heavy atom. The van der Waals surface area contributed by atoms with Gasteiger partial charge in [0.25, 0.3) is 0 Å². The Hall–Kier alpha value is -4.20. The first-order valence-electron chi connectivity index (χ1n) is 8.47. The van der Waals surface area contributed by atoms with E-state index in [0.29, 0.717) is 5.56 Å². The molecule has 0 amide bonds. The molecule has 0 radical (unpaired) electrons. The Labute approximate surface area is 164 Å². The van der Waals surface area contributed by atoms with Crippen molar-refractivity contribution in [1.82, 2.24) is 15.0 Å². The van der Waals surface area contributed by atoms with Crippen molar-refractivity contribution in [3.63, 3.8) is 0 Å². The second kappa shape index (κ2) is 7.08. The van der Waals surface area contributed by atoms with E-state index in [2.05, 4.69) is 15.0 Å². The Kier molecular flexibility index (Phi) is 4.44. The molecule has 4 N–H and O–H groups in total. The third-order valence-electron chi connectivity index (χ3n) is 4.18. The topological polar surface area (TPSA) is 120 Å². The lowest BCUT2D eigenvalue weighted by Crippen LogP contribution is -2.00. The summed E-state index contributed by atoms with van der Waals surface area (Å²) in [6.07, 6.45) is 0. The summed E-state index contributed by atoms with van der Waals surface area (Å²) in [4.78, 5) is 13.0. The van der Waals surface area contributed by atoms with Gasteiger partial charge in [-0.1, -0.05) is 0 Å². The second-order valence-corrected chi connectivity index (χ2v) is 6.22. The van der Waals surface area contributed by atoms with Crippen LogP contribution >= 0.6 is 0 Å². The normalized spacial score (nSPS) is 10.8. The minimum absolute atomic E-state index is 0.0827. The fraction of sp³-hybridized carbons (Fsp3) is 0. The summed E-state index contributed by atoms with van der Waals surface area (Å²) in [5.41, 5.74) is 0.953. The minimum Gasteiger partial charge on any atom is -0.508 e. The van der Waals surface area contributed by atoms with E-state index in [4.69, 9.17) is 0 Å². The number of aromatic nitrogens is 3. The predicted molar refractivity (Wildman–Crippen MR) is 103 cm³/mol. The SMILES string of the molecule is Oc1ccc(-c2nc(-c3ccc(F)cc3)nc(-c3ccc(O)cc3O)n2)c(O)c1. The summed E-state index contributed by atoms with van der Waals surface area (Å²) < 4.78 is 13.3. The smallest absolute Gasteiger partial charge is 0.167 e. The number of hydrogen-bond donors (Lipinski definition) is 4. The Bertz CT molecular complexity index is 1140. The third-order valence-corrected chi connectivity index (χ3v) is 4.18. The molecular formula is C21H14FN3O4. The number of rotatable bonds is 3. The average molecular weight is 391 g/mol. The summed E-state index contributed by atoms with van der Waals surface area (Å²) in [7, 11) is 0. The molecule has 0 spiro atoms. The summed E-state index contributed by atoms with van der Waals surface area (Å²) in [5, 5.41) is 39.5. The van der Waals surface area contributed by atoms with E-state index in [1.807, 2.05) is 0 Å². The molecule has 1 aromatic heterocycles. The van der Waals surface area contributed by atoms with Gasteiger partial charge >= 0.3 is 0 Å². The predicted octanol–water partition coefficient (Wildman–Crippen LogP) is 3.83. The van der Waals surface area contributed by atoms with Gasteiger partial charge in [-0.2, -0.15) is 0 Å². The van der Waals surface area contributed by atoms with Crippen LogP contribution in [0.2, 0.25) is 0 Å². The molecule has 0 fully saturated rings. The Balaban J connectivity index is 1.95. The van der Waals surface area contributed by atoms with Crippen molar-refractivity contribution >= 4 is 0 Å². The maximum Gasteiger partial charge on any atom is 0.167 e. The van der Waals surface area contributed by atoms with E-state index >= 15 is 0 Å². The summed E-state index contributed by atoms with van der Waals surface area (Å²) in [5.74, 6) is -0.825. The summed E-state index contributed by atoms with van der Waals surface area (Å²) in [6.45, 7) is 0. The van der Waals surface area contributed by atoms with Crippen LogP contribution in [0.15, 0.2) is 60.7 Å². The zero-order valence-electron chi connectivity index (χ0n) is 14.8. The molecule has 0 saturated heterocycles. The van der Waals surface area contributed by atoms with E-state index in [0.717, 1.165) is 12.1 Å². The van der Waals surface area contributed by atoms with Crippen LogP contribution in [0.25, 0.3) is 34.2 Å². The monoisotopic (exact) mass is 391 g/mol. The van der Waals surface area contributed by atoms with Gasteiger partial charge in [-0.15, -0.1) is 0 Å². The lowest BCUT2D eigenvalue weighted by molar-refractivity contribution is 0.451. The summed E-state index contributed by atoms with van der Waals surface area (Å²) in [6, 6.07) is 13.4. The highest BCUT2D eigenvalue weighted by Crippen LogP contribution is 2.35. The fourth-order valence-corrected chi connectivity index (χ4v) is 2.76. The maximum atomic E-state index is 13.3. The van der Waals surface area contributed by atoms with Gasteiger partial charge in [-0.3, -0.25) is 0 Å². The standard InChI is InChI=1S/C21H14FN3O4/c22-12-3-1-11(2-4-12)19-23-20(15-7-5-13(26)9-17(15)28)25-21(24-19)16-8-6-14(27)10-18(16)29/h1-10,26-29H. The molecule has 8 heteroatoms. The number of hydrogen-bond acceptors (Lipinski definition) is 7. The largest absolute Gasteiger partial charge is 0.508 e. The van der Waals surface area contributed by atoms with Gasteiger partial charge in [0.1, 0.15) is 28.8 Å². The first-order chi connectivity index (χ1) is 13.9. The molecule has 4 rings (SSSR count). The van der Waals surface area contributed by atoms with Crippen molar-refractivity contribution in [3.05, 3.63) is 66.5 Å². The molecule has 0 aliphatic rings. The van der Waals surface area contributed by atoms with Gasteiger partial charge in [-0.25, -0.2) is 19.3 Å². The molecule has 0 bridgehead atoms. The molecule has 0 atom stereocenters. The zero-order valence-corrected chi connectivity index (χ0v) is 14.8. The quantitative estimate of drug-likeness (QED) is 0.419. The molecule has 4 aromatic rings. The van der Waals surface area contributed by atoms with Gasteiger partial charge in [0.15, 0.2) is 17.5 Å². The number of aromatic hydroxyl groups is 4. The molecule has 0 aliphatic carbocycles. The van der Waals surface area contributed by atoms with E-state index in [9.17, 15) is 24.8 Å². The Morgan fingerprint density at radius 2 is 1.00 bits per heavy atom. The first kappa shape index (κ1) is 18.2. The number of nitrogens with zero attached hydrogens (tertiary/aromatic N) is 3. The molecule has 0 saturated carbocycles. The molecular weight excluding hydrogens is 377 g/mol. The van der Waals surface area contributed by atoms with Gasteiger partial charge in [0, 0.05) is 17.7 Å². The number of halogens is 1. The molecule has 1 heterocycles. The lowest BCUT2D eigenvalue weighted by Gasteiger charge is -2.10. The van der Waals surface area contributed by atoms with Crippen LogP contribution in [0.3, 0.4) is 0 Å². The third kappa shape index (κ3) is 3.63. The van der Waals surface area contributed by atoms with Crippen LogP contribution in [-0.4, -0.2) is 35.4 Å². The van der Waals surface area contributed by atoms with Crippen molar-refractivity contribution in [2.24, 2.45) is 0 Å². The Morgan fingerprint density at radius 1 is 0.552 bits per heavy atom. The van der Waals surface area contributed by atoms with Gasteiger partial charge in [0.05, 0.1) is 11.1 Å². The molecule has 7 nitrogen and oxygen atoms in total. The second-order valence-electron chi connectivity index (χ2n) is 6.22. The molecule has 0 unspecified atom stereocenters. The van der Waals surface area contributed by atoms with Gasteiger partial charge < -0.3 is 20.4 Å². The van der Waals surface area contributed by atoms with Crippen LogP contribution in [0.1, 0.15) is 0 Å². The molecule has 29 heavy (non-hydrogen) atoms. The lowest BCUT2D eigenvalue weighted by atomic mass is 10.1. The summed E-state index contributed by atoms with van der Waals surface area (Å²) >= 11 is 0. The number of phenols is 4. The molecule has 3 aromatic carbocycles. The number of benzene rings is 3. The fourth-order valence-electron chi connectivity index (χ4n) is 2.76. The van der Waals surface area contributed by atoms with Crippen molar-refractivity contribution < 1.29 is 24.8 Å². The van der Waals surface area contributed by atoms with Crippen LogP contribution in [0, 0.1) is 5.82 Å². The van der Waals surface area contributed by atoms with E-state index in [1.54, 1.807) is 0 Å². The van der Waals surface area contributed by atoms with Crippen LogP contribution in [0.4, 0.5) is 4.39 Å². The van der Waals surface area contributed by atoms with Gasteiger partial charge in [0.2, 0.25) is 0 Å². The van der Waals surface area contributed by atoms with Crippen LogP contribution < -0.4 is 0 Å². The van der Waals surface area contributed by atoms with Crippen LogP contribution in [-0.2, 0) is 0 Å². The number of phenolic OH excluding ortho intramolecular Hbond substituents is 4. The first-order valence-corrected chi connectivity index (χ1v) is 8.47.